The van der Waals surface area contributed by atoms with Crippen molar-refractivity contribution >= 4 is 48.7 Å². The van der Waals surface area contributed by atoms with E-state index in [1.165, 1.54) is 24.3 Å². The first kappa shape index (κ1) is 23.1. The van der Waals surface area contributed by atoms with Crippen LogP contribution in [0.15, 0.2) is 90.9 Å². The number of nitrogen functional groups attached to an aromatic ring is 1. The highest BCUT2D eigenvalue weighted by Crippen LogP contribution is 2.32. The first-order valence-electron chi connectivity index (χ1n) is 8.82. The van der Waals surface area contributed by atoms with Crippen molar-refractivity contribution in [2.45, 2.75) is 16.7 Å². The molecule has 3 aromatic carbocycles. The monoisotopic (exact) mass is 475 g/mol. The lowest BCUT2D eigenvalue weighted by Crippen LogP contribution is -1.98. The zero-order chi connectivity index (χ0) is 23.5. The minimum Gasteiger partial charge on any atom is -0.399 e. The lowest BCUT2D eigenvalue weighted by molar-refractivity contribution is 0.481. The van der Waals surface area contributed by atoms with Gasteiger partial charge in [-0.2, -0.15) is 32.2 Å². The van der Waals surface area contributed by atoms with E-state index in [1.54, 1.807) is 25.1 Å². The van der Waals surface area contributed by atoms with Gasteiger partial charge in [0.1, 0.15) is 10.6 Å². The van der Waals surface area contributed by atoms with Crippen LogP contribution < -0.4 is 5.73 Å². The predicted molar refractivity (Wildman–Crippen MR) is 116 cm³/mol. The Morgan fingerprint density at radius 3 is 1.84 bits per heavy atom. The van der Waals surface area contributed by atoms with Crippen molar-refractivity contribution in [1.82, 2.24) is 0 Å². The molecular weight excluding hydrogens is 458 g/mol. The maximum atomic E-state index is 11.8. The summed E-state index contributed by atoms with van der Waals surface area (Å²) in [5.41, 5.74) is 7.65. The van der Waals surface area contributed by atoms with Crippen LogP contribution >= 0.6 is 0 Å². The van der Waals surface area contributed by atoms with Crippen LogP contribution in [0.1, 0.15) is 5.56 Å². The first-order valence-corrected chi connectivity index (χ1v) is 11.7. The van der Waals surface area contributed by atoms with Gasteiger partial charge in [0.15, 0.2) is 0 Å². The third-order valence-corrected chi connectivity index (χ3v) is 5.87. The van der Waals surface area contributed by atoms with Crippen molar-refractivity contribution in [1.29, 1.82) is 0 Å². The third kappa shape index (κ3) is 5.79. The molecule has 0 bridgehead atoms. The SMILES string of the molecule is Cc1cc(N)ccc1/N=N\c1ccc(/N=N\c2ccc(S(=O)(=O)O)cc2)cc1S(=O)(=O)O. The van der Waals surface area contributed by atoms with Gasteiger partial charge in [-0.15, -0.1) is 5.11 Å². The molecule has 0 radical (unpaired) electrons. The van der Waals surface area contributed by atoms with E-state index < -0.39 is 25.1 Å². The molecule has 0 aliphatic heterocycles. The van der Waals surface area contributed by atoms with Gasteiger partial charge in [0.25, 0.3) is 20.2 Å². The van der Waals surface area contributed by atoms with Gasteiger partial charge >= 0.3 is 0 Å². The highest BCUT2D eigenvalue weighted by molar-refractivity contribution is 7.86. The smallest absolute Gasteiger partial charge is 0.296 e. The number of nitrogens with zero attached hydrogens (tertiary/aromatic N) is 4. The topological polar surface area (TPSA) is 184 Å². The van der Waals surface area contributed by atoms with Gasteiger partial charge in [-0.1, -0.05) is 0 Å². The van der Waals surface area contributed by atoms with E-state index in [2.05, 4.69) is 20.5 Å². The van der Waals surface area contributed by atoms with Crippen LogP contribution in [0.3, 0.4) is 0 Å². The van der Waals surface area contributed by atoms with Crippen LogP contribution in [-0.4, -0.2) is 25.9 Å². The molecule has 0 aliphatic carbocycles. The molecule has 0 unspecified atom stereocenters. The summed E-state index contributed by atoms with van der Waals surface area (Å²) in [6.45, 7) is 1.76. The molecule has 0 saturated carbocycles. The summed E-state index contributed by atoms with van der Waals surface area (Å²) < 4.78 is 64.3. The summed E-state index contributed by atoms with van der Waals surface area (Å²) in [5, 5.41) is 15.7. The fourth-order valence-corrected chi connectivity index (χ4v) is 3.68. The molecule has 0 spiro atoms. The Balaban J connectivity index is 1.91. The standard InChI is InChI=1S/C19H17N5O6S2/c1-12-10-13(20)2-8-17(12)23-24-18-9-5-15(11-19(18)32(28,29)30)22-21-14-3-6-16(7-4-14)31(25,26)27/h2-11H,20H2,1H3,(H,25,26,27)(H,28,29,30)/b22-21-,24-23-. The molecule has 4 N–H and O–H groups in total. The molecule has 11 nitrogen and oxygen atoms in total. The van der Waals surface area contributed by atoms with E-state index in [0.29, 0.717) is 11.4 Å². The molecule has 0 heterocycles. The molecule has 166 valence electrons. The van der Waals surface area contributed by atoms with Crippen molar-refractivity contribution in [3.05, 3.63) is 66.2 Å². The summed E-state index contributed by atoms with van der Waals surface area (Å²) in [5.74, 6) is 0. The first-order chi connectivity index (χ1) is 14.9. The number of hydrogen-bond donors (Lipinski definition) is 3. The quantitative estimate of drug-likeness (QED) is 0.257. The maximum Gasteiger partial charge on any atom is 0.296 e. The summed E-state index contributed by atoms with van der Waals surface area (Å²) in [6.07, 6.45) is 0. The number of benzene rings is 3. The number of nitrogens with two attached hydrogens (primary N) is 1. The van der Waals surface area contributed by atoms with Crippen LogP contribution in [0.2, 0.25) is 0 Å². The average molecular weight is 476 g/mol. The molecule has 0 amide bonds. The van der Waals surface area contributed by atoms with E-state index in [4.69, 9.17) is 10.3 Å². The van der Waals surface area contributed by atoms with Gasteiger partial charge in [-0.05, 0) is 73.2 Å². The molecular formula is C19H17N5O6S2. The van der Waals surface area contributed by atoms with Crippen LogP contribution in [-0.2, 0) is 20.2 Å². The highest BCUT2D eigenvalue weighted by atomic mass is 32.2. The average Bonchev–Trinajstić information content (AvgIpc) is 2.71. The van der Waals surface area contributed by atoms with Crippen molar-refractivity contribution in [2.24, 2.45) is 20.5 Å². The zero-order valence-electron chi connectivity index (χ0n) is 16.5. The minimum atomic E-state index is -4.65. The minimum absolute atomic E-state index is 0.0825. The van der Waals surface area contributed by atoms with Gasteiger partial charge in [0.05, 0.1) is 22.0 Å². The van der Waals surface area contributed by atoms with E-state index in [0.717, 1.165) is 23.8 Å². The van der Waals surface area contributed by atoms with E-state index in [-0.39, 0.29) is 22.0 Å². The second-order valence-corrected chi connectivity index (χ2v) is 9.35. The van der Waals surface area contributed by atoms with Gasteiger partial charge in [-0.3, -0.25) is 9.11 Å². The Morgan fingerprint density at radius 1 is 0.688 bits per heavy atom. The van der Waals surface area contributed by atoms with E-state index >= 15 is 0 Å². The van der Waals surface area contributed by atoms with Crippen LogP contribution in [0, 0.1) is 6.92 Å². The van der Waals surface area contributed by atoms with Crippen molar-refractivity contribution in [3.8, 4) is 0 Å². The van der Waals surface area contributed by atoms with Crippen molar-refractivity contribution in [3.63, 3.8) is 0 Å². The Kier molecular flexibility index (Phi) is 6.45. The third-order valence-electron chi connectivity index (χ3n) is 4.12. The van der Waals surface area contributed by atoms with Crippen LogP contribution in [0.25, 0.3) is 0 Å². The summed E-state index contributed by atoms with van der Waals surface area (Å²) in [6, 6.07) is 13.6. The number of azo groups is 2. The second kappa shape index (κ2) is 8.92. The van der Waals surface area contributed by atoms with Crippen LogP contribution in [0.4, 0.5) is 28.4 Å². The number of aryl methyl sites for hydroxylation is 1. The summed E-state index contributed by atoms with van der Waals surface area (Å²) >= 11 is 0. The largest absolute Gasteiger partial charge is 0.399 e. The number of hydrogen-bond acceptors (Lipinski definition) is 9. The van der Waals surface area contributed by atoms with Gasteiger partial charge in [-0.25, -0.2) is 0 Å². The Labute approximate surface area is 183 Å². The van der Waals surface area contributed by atoms with E-state index in [9.17, 15) is 21.4 Å². The number of anilines is 1. The highest BCUT2D eigenvalue weighted by Gasteiger charge is 2.17. The molecule has 3 rings (SSSR count). The lowest BCUT2D eigenvalue weighted by Gasteiger charge is -2.04. The molecule has 32 heavy (non-hydrogen) atoms. The summed E-state index contributed by atoms with van der Waals surface area (Å²) in [4.78, 5) is -0.830. The zero-order valence-corrected chi connectivity index (χ0v) is 18.1. The predicted octanol–water partition coefficient (Wildman–Crippen LogP) is 4.90. The Hall–Kier alpha value is -3.52. The molecule has 0 aliphatic rings. The molecule has 0 aromatic heterocycles. The summed E-state index contributed by atoms with van der Waals surface area (Å²) in [7, 11) is -8.99. The Bertz CT molecular complexity index is 1430. The number of rotatable bonds is 6. The molecule has 3 aromatic rings. The lowest BCUT2D eigenvalue weighted by atomic mass is 10.2. The van der Waals surface area contributed by atoms with Crippen LogP contribution in [0.5, 0.6) is 0 Å². The normalized spacial score (nSPS) is 12.6. The van der Waals surface area contributed by atoms with Gasteiger partial charge < -0.3 is 5.73 Å². The fraction of sp³-hybridized carbons (Fsp3) is 0.0526. The second-order valence-electron chi connectivity index (χ2n) is 6.54. The van der Waals surface area contributed by atoms with Gasteiger partial charge in [0.2, 0.25) is 0 Å². The Morgan fingerprint density at radius 2 is 1.25 bits per heavy atom. The molecule has 0 atom stereocenters. The molecule has 13 heteroatoms. The van der Waals surface area contributed by atoms with Gasteiger partial charge in [0, 0.05) is 5.69 Å². The van der Waals surface area contributed by atoms with Crippen molar-refractivity contribution in [2.75, 3.05) is 5.73 Å². The molecule has 0 saturated heterocycles. The van der Waals surface area contributed by atoms with Crippen molar-refractivity contribution < 1.29 is 25.9 Å². The fourth-order valence-electron chi connectivity index (χ4n) is 2.55. The van der Waals surface area contributed by atoms with E-state index in [1.807, 2.05) is 0 Å². The molecule has 0 fully saturated rings. The maximum absolute atomic E-state index is 11.8.